The highest BCUT2D eigenvalue weighted by Gasteiger charge is 2.13. The van der Waals surface area contributed by atoms with Crippen molar-refractivity contribution in [2.75, 3.05) is 0 Å². The van der Waals surface area contributed by atoms with Crippen LogP contribution in [0.2, 0.25) is 0 Å². The van der Waals surface area contributed by atoms with Crippen LogP contribution in [-0.2, 0) is 0 Å². The average molecular weight is 203 g/mol. The van der Waals surface area contributed by atoms with Crippen LogP contribution in [0.4, 0.5) is 0 Å². The van der Waals surface area contributed by atoms with E-state index >= 15 is 0 Å². The van der Waals surface area contributed by atoms with Crippen molar-refractivity contribution in [3.05, 3.63) is 48.0 Å². The Balaban J connectivity index is 2.97. The van der Waals surface area contributed by atoms with E-state index in [2.05, 4.69) is 6.58 Å². The molecule has 0 heterocycles. The Morgan fingerprint density at radius 3 is 2.40 bits per heavy atom. The van der Waals surface area contributed by atoms with Crippen molar-refractivity contribution >= 4 is 11.7 Å². The Morgan fingerprint density at radius 2 is 1.87 bits per heavy atom. The van der Waals surface area contributed by atoms with Crippen LogP contribution < -0.4 is 5.73 Å². The van der Waals surface area contributed by atoms with Crippen molar-refractivity contribution < 1.29 is 9.59 Å². The first-order valence-electron chi connectivity index (χ1n) is 4.69. The summed E-state index contributed by atoms with van der Waals surface area (Å²) in [6.07, 6.45) is 2.63. The van der Waals surface area contributed by atoms with Gasteiger partial charge in [0.1, 0.15) is 0 Å². The Hall–Kier alpha value is -1.90. The van der Waals surface area contributed by atoms with Crippen molar-refractivity contribution in [1.82, 2.24) is 0 Å². The summed E-state index contributed by atoms with van der Waals surface area (Å²) in [5.74, 6) is -0.651. The normalized spacial score (nSPS) is 9.60. The minimum Gasteiger partial charge on any atom is -0.366 e. The molecule has 0 saturated heterocycles. The predicted octanol–water partition coefficient (Wildman–Crippen LogP) is 1.93. The van der Waals surface area contributed by atoms with Crippen molar-refractivity contribution in [2.45, 2.75) is 12.8 Å². The fourth-order valence-corrected chi connectivity index (χ4v) is 1.31. The number of primary amides is 1. The second-order valence-electron chi connectivity index (χ2n) is 3.16. The van der Waals surface area contributed by atoms with Crippen molar-refractivity contribution in [1.29, 1.82) is 0 Å². The molecule has 0 atom stereocenters. The van der Waals surface area contributed by atoms with Crippen LogP contribution >= 0.6 is 0 Å². The number of carbonyl (C=O) groups excluding carboxylic acids is 2. The van der Waals surface area contributed by atoms with Crippen LogP contribution in [0.25, 0.3) is 0 Å². The Kier molecular flexibility index (Phi) is 3.80. The summed E-state index contributed by atoms with van der Waals surface area (Å²) < 4.78 is 0. The van der Waals surface area contributed by atoms with E-state index < -0.39 is 5.91 Å². The first-order valence-corrected chi connectivity index (χ1v) is 4.69. The Labute approximate surface area is 88.6 Å². The first-order chi connectivity index (χ1) is 7.16. The standard InChI is InChI=1S/C12H13NO2/c1-2-3-8-11(14)9-6-4-5-7-10(9)12(13)15/h2,4-7H,1,3,8H2,(H2,13,15). The van der Waals surface area contributed by atoms with Crippen LogP contribution in [-0.4, -0.2) is 11.7 Å². The fourth-order valence-electron chi connectivity index (χ4n) is 1.31. The van der Waals surface area contributed by atoms with E-state index in [9.17, 15) is 9.59 Å². The molecule has 0 bridgehead atoms. The second kappa shape index (κ2) is 5.10. The highest BCUT2D eigenvalue weighted by atomic mass is 16.1. The third-order valence-electron chi connectivity index (χ3n) is 2.07. The molecule has 1 aromatic carbocycles. The number of carbonyl (C=O) groups is 2. The maximum Gasteiger partial charge on any atom is 0.249 e. The third-order valence-corrected chi connectivity index (χ3v) is 2.07. The van der Waals surface area contributed by atoms with Gasteiger partial charge in [0.25, 0.3) is 0 Å². The summed E-state index contributed by atoms with van der Waals surface area (Å²) in [6, 6.07) is 6.58. The third kappa shape index (κ3) is 2.77. The first kappa shape index (κ1) is 11.2. The molecular weight excluding hydrogens is 190 g/mol. The number of ketones is 1. The maximum atomic E-state index is 11.7. The SMILES string of the molecule is C=CCCC(=O)c1ccccc1C(N)=O. The predicted molar refractivity (Wildman–Crippen MR) is 58.7 cm³/mol. The number of hydrogen-bond acceptors (Lipinski definition) is 2. The highest BCUT2D eigenvalue weighted by molar-refractivity contribution is 6.07. The minimum atomic E-state index is -0.572. The zero-order valence-electron chi connectivity index (χ0n) is 8.40. The molecule has 0 aromatic heterocycles. The van der Waals surface area contributed by atoms with Gasteiger partial charge in [0.05, 0.1) is 0 Å². The lowest BCUT2D eigenvalue weighted by atomic mass is 10.0. The van der Waals surface area contributed by atoms with E-state index in [1.54, 1.807) is 30.3 Å². The Morgan fingerprint density at radius 1 is 1.27 bits per heavy atom. The topological polar surface area (TPSA) is 60.2 Å². The van der Waals surface area contributed by atoms with Gasteiger partial charge in [0, 0.05) is 17.5 Å². The Bertz CT molecular complexity index is 396. The molecule has 3 heteroatoms. The smallest absolute Gasteiger partial charge is 0.249 e. The number of allylic oxidation sites excluding steroid dienone is 1. The van der Waals surface area contributed by atoms with E-state index in [0.717, 1.165) is 0 Å². The van der Waals surface area contributed by atoms with Gasteiger partial charge in [-0.15, -0.1) is 6.58 Å². The molecule has 0 spiro atoms. The van der Waals surface area contributed by atoms with E-state index in [1.165, 1.54) is 0 Å². The van der Waals surface area contributed by atoms with Gasteiger partial charge in [-0.05, 0) is 12.5 Å². The van der Waals surface area contributed by atoms with Crippen molar-refractivity contribution in [3.8, 4) is 0 Å². The van der Waals surface area contributed by atoms with Gasteiger partial charge in [-0.25, -0.2) is 0 Å². The molecule has 1 rings (SSSR count). The van der Waals surface area contributed by atoms with Gasteiger partial charge in [-0.3, -0.25) is 9.59 Å². The average Bonchev–Trinajstić information content (AvgIpc) is 2.25. The van der Waals surface area contributed by atoms with E-state index in [4.69, 9.17) is 5.73 Å². The number of rotatable bonds is 5. The summed E-state index contributed by atoms with van der Waals surface area (Å²) in [4.78, 5) is 22.7. The lowest BCUT2D eigenvalue weighted by Crippen LogP contribution is -2.16. The summed E-state index contributed by atoms with van der Waals surface area (Å²) in [5.41, 5.74) is 5.85. The van der Waals surface area contributed by atoms with Gasteiger partial charge >= 0.3 is 0 Å². The molecule has 2 N–H and O–H groups in total. The van der Waals surface area contributed by atoms with Gasteiger partial charge in [-0.2, -0.15) is 0 Å². The van der Waals surface area contributed by atoms with Crippen LogP contribution in [0.5, 0.6) is 0 Å². The van der Waals surface area contributed by atoms with E-state index in [-0.39, 0.29) is 11.3 Å². The monoisotopic (exact) mass is 203 g/mol. The van der Waals surface area contributed by atoms with Crippen molar-refractivity contribution in [3.63, 3.8) is 0 Å². The lowest BCUT2D eigenvalue weighted by molar-refractivity contribution is 0.0958. The van der Waals surface area contributed by atoms with E-state index in [1.807, 2.05) is 0 Å². The van der Waals surface area contributed by atoms with Crippen molar-refractivity contribution in [2.24, 2.45) is 5.73 Å². The number of amides is 1. The second-order valence-corrected chi connectivity index (χ2v) is 3.16. The summed E-state index contributed by atoms with van der Waals surface area (Å²) in [5, 5.41) is 0. The molecule has 0 aliphatic rings. The summed E-state index contributed by atoms with van der Waals surface area (Å²) >= 11 is 0. The molecule has 3 nitrogen and oxygen atoms in total. The summed E-state index contributed by atoms with van der Waals surface area (Å²) in [7, 11) is 0. The molecule has 0 unspecified atom stereocenters. The molecule has 15 heavy (non-hydrogen) atoms. The van der Waals surface area contributed by atoms with Crippen LogP contribution in [0.1, 0.15) is 33.6 Å². The fraction of sp³-hybridized carbons (Fsp3) is 0.167. The molecule has 78 valence electrons. The molecular formula is C12H13NO2. The number of hydrogen-bond donors (Lipinski definition) is 1. The number of nitrogens with two attached hydrogens (primary N) is 1. The summed E-state index contributed by atoms with van der Waals surface area (Å²) in [6.45, 7) is 3.54. The minimum absolute atomic E-state index is 0.0794. The molecule has 0 radical (unpaired) electrons. The van der Waals surface area contributed by atoms with E-state index in [0.29, 0.717) is 18.4 Å². The van der Waals surface area contributed by atoms with Gasteiger partial charge in [0.15, 0.2) is 5.78 Å². The molecule has 1 amide bonds. The van der Waals surface area contributed by atoms with Crippen LogP contribution in [0.3, 0.4) is 0 Å². The van der Waals surface area contributed by atoms with Crippen LogP contribution in [0.15, 0.2) is 36.9 Å². The maximum absolute atomic E-state index is 11.7. The van der Waals surface area contributed by atoms with Gasteiger partial charge in [-0.1, -0.05) is 24.3 Å². The quantitative estimate of drug-likeness (QED) is 0.587. The molecule has 0 aliphatic carbocycles. The molecule has 0 saturated carbocycles. The molecule has 1 aromatic rings. The van der Waals surface area contributed by atoms with Gasteiger partial charge in [0.2, 0.25) is 5.91 Å². The number of benzene rings is 1. The van der Waals surface area contributed by atoms with Gasteiger partial charge < -0.3 is 5.73 Å². The largest absolute Gasteiger partial charge is 0.366 e. The van der Waals surface area contributed by atoms with Crippen LogP contribution in [0, 0.1) is 0 Å². The highest BCUT2D eigenvalue weighted by Crippen LogP contribution is 2.11. The zero-order chi connectivity index (χ0) is 11.3. The molecule has 0 aliphatic heterocycles. The lowest BCUT2D eigenvalue weighted by Gasteiger charge is -2.04. The zero-order valence-corrected chi connectivity index (χ0v) is 8.40. The number of Topliss-reactive ketones (excluding diaryl/α,β-unsaturated/α-hetero) is 1. The molecule has 0 fully saturated rings.